The van der Waals surface area contributed by atoms with E-state index in [4.69, 9.17) is 4.74 Å². The Morgan fingerprint density at radius 2 is 2.46 bits per heavy atom. The predicted molar refractivity (Wildman–Crippen MR) is 41.3 cm³/mol. The molecule has 68 valence electrons. The molecule has 0 aliphatic heterocycles. The van der Waals surface area contributed by atoms with Crippen LogP contribution in [0.3, 0.4) is 0 Å². The standard InChI is InChI=1S/C6H10N2O3S.Na/c1-11-3-2-8-5-6(4-7-8)12(9)10;/h4-5H,2-3H2,1H3,(H,9,10);/q;+1/p-1. The Morgan fingerprint density at radius 3 is 2.92 bits per heavy atom. The van der Waals surface area contributed by atoms with Gasteiger partial charge in [0.15, 0.2) is 0 Å². The molecule has 1 unspecified atom stereocenters. The molecule has 1 aromatic rings. The molecule has 1 aromatic heterocycles. The molecule has 0 spiro atoms. The van der Waals surface area contributed by atoms with E-state index in [1.807, 2.05) is 0 Å². The number of aromatic nitrogens is 2. The van der Waals surface area contributed by atoms with E-state index >= 15 is 0 Å². The molecule has 5 nitrogen and oxygen atoms in total. The normalized spacial score (nSPS) is 12.2. The third-order valence-corrected chi connectivity index (χ3v) is 1.92. The van der Waals surface area contributed by atoms with Crippen LogP contribution in [0.5, 0.6) is 0 Å². The summed E-state index contributed by atoms with van der Waals surface area (Å²) < 4.78 is 27.1. The number of rotatable bonds is 4. The Morgan fingerprint density at radius 1 is 1.77 bits per heavy atom. The number of methoxy groups -OCH3 is 1. The van der Waals surface area contributed by atoms with Crippen molar-refractivity contribution >= 4 is 11.1 Å². The Hall–Kier alpha value is 0.280. The van der Waals surface area contributed by atoms with E-state index in [0.717, 1.165) is 0 Å². The third kappa shape index (κ3) is 4.35. The molecule has 0 saturated carbocycles. The second kappa shape index (κ2) is 6.69. The van der Waals surface area contributed by atoms with E-state index in [1.54, 1.807) is 7.11 Å². The van der Waals surface area contributed by atoms with E-state index in [0.29, 0.717) is 13.2 Å². The summed E-state index contributed by atoms with van der Waals surface area (Å²) in [6, 6.07) is 0. The van der Waals surface area contributed by atoms with Crippen molar-refractivity contribution in [3.63, 3.8) is 0 Å². The summed E-state index contributed by atoms with van der Waals surface area (Å²) in [6.07, 6.45) is 2.76. The molecule has 0 aliphatic carbocycles. The molecule has 7 heteroatoms. The summed E-state index contributed by atoms with van der Waals surface area (Å²) in [5, 5.41) is 3.82. The van der Waals surface area contributed by atoms with Crippen molar-refractivity contribution in [1.82, 2.24) is 9.78 Å². The minimum Gasteiger partial charge on any atom is -0.768 e. The molecule has 13 heavy (non-hydrogen) atoms. The number of hydrogen-bond acceptors (Lipinski definition) is 4. The third-order valence-electron chi connectivity index (χ3n) is 1.33. The van der Waals surface area contributed by atoms with E-state index in [-0.39, 0.29) is 34.5 Å². The molecular formula is C6H9N2NaO3S. The Bertz CT molecular complexity index is 279. The largest absolute Gasteiger partial charge is 1.00 e. The first-order chi connectivity index (χ1) is 5.74. The van der Waals surface area contributed by atoms with Crippen LogP contribution in [0.2, 0.25) is 0 Å². The van der Waals surface area contributed by atoms with Gasteiger partial charge in [-0.15, -0.1) is 0 Å². The van der Waals surface area contributed by atoms with Crippen LogP contribution in [0, 0.1) is 0 Å². The zero-order chi connectivity index (χ0) is 8.97. The molecule has 0 radical (unpaired) electrons. The summed E-state index contributed by atoms with van der Waals surface area (Å²) in [4.78, 5) is 0.200. The van der Waals surface area contributed by atoms with Crippen LogP contribution in [-0.4, -0.2) is 32.3 Å². The van der Waals surface area contributed by atoms with Gasteiger partial charge in [-0.3, -0.25) is 8.89 Å². The van der Waals surface area contributed by atoms with Gasteiger partial charge < -0.3 is 9.29 Å². The van der Waals surface area contributed by atoms with Gasteiger partial charge in [-0.05, 0) is 11.1 Å². The number of nitrogens with zero attached hydrogens (tertiary/aromatic N) is 2. The first-order valence-electron chi connectivity index (χ1n) is 3.34. The SMILES string of the molecule is COCCn1cc(S(=O)[O-])cn1.[Na+]. The fourth-order valence-electron chi connectivity index (χ4n) is 0.738. The van der Waals surface area contributed by atoms with Crippen LogP contribution >= 0.6 is 0 Å². The van der Waals surface area contributed by atoms with Crippen molar-refractivity contribution in [2.45, 2.75) is 11.4 Å². The molecule has 0 saturated heterocycles. The van der Waals surface area contributed by atoms with Gasteiger partial charge in [0.2, 0.25) is 0 Å². The minimum absolute atomic E-state index is 0. The molecule has 1 atom stereocenters. The summed E-state index contributed by atoms with van der Waals surface area (Å²) in [7, 11) is 1.58. The van der Waals surface area contributed by atoms with Gasteiger partial charge in [0.05, 0.1) is 24.2 Å². The smallest absolute Gasteiger partial charge is 0.768 e. The van der Waals surface area contributed by atoms with Crippen LogP contribution in [0.25, 0.3) is 0 Å². The molecule has 0 bridgehead atoms. The van der Waals surface area contributed by atoms with E-state index < -0.39 is 11.1 Å². The predicted octanol–water partition coefficient (Wildman–Crippen LogP) is -3.23. The van der Waals surface area contributed by atoms with Crippen molar-refractivity contribution in [1.29, 1.82) is 0 Å². The Kier molecular flexibility index (Phi) is 6.84. The van der Waals surface area contributed by atoms with Gasteiger partial charge in [-0.2, -0.15) is 5.10 Å². The Labute approximate surface area is 101 Å². The van der Waals surface area contributed by atoms with Crippen LogP contribution in [0.15, 0.2) is 17.3 Å². The molecule has 0 aromatic carbocycles. The molecule has 0 fully saturated rings. The van der Waals surface area contributed by atoms with Crippen LogP contribution in [-0.2, 0) is 22.4 Å². The van der Waals surface area contributed by atoms with Gasteiger partial charge in [-0.25, -0.2) is 0 Å². The van der Waals surface area contributed by atoms with E-state index in [9.17, 15) is 8.76 Å². The summed E-state index contributed by atoms with van der Waals surface area (Å²) in [5.74, 6) is 0. The average molecular weight is 212 g/mol. The number of hydrogen-bond donors (Lipinski definition) is 0. The zero-order valence-electron chi connectivity index (χ0n) is 7.60. The zero-order valence-corrected chi connectivity index (χ0v) is 10.4. The van der Waals surface area contributed by atoms with Gasteiger partial charge in [0, 0.05) is 13.3 Å². The van der Waals surface area contributed by atoms with E-state index in [1.165, 1.54) is 17.1 Å². The fraction of sp³-hybridized carbons (Fsp3) is 0.500. The van der Waals surface area contributed by atoms with Gasteiger partial charge in [0.25, 0.3) is 0 Å². The van der Waals surface area contributed by atoms with Crippen molar-refractivity contribution < 1.29 is 43.1 Å². The molecule has 0 amide bonds. The van der Waals surface area contributed by atoms with Crippen LogP contribution < -0.4 is 29.6 Å². The minimum atomic E-state index is -2.19. The molecule has 0 N–H and O–H groups in total. The summed E-state index contributed by atoms with van der Waals surface area (Å²) >= 11 is -2.19. The number of ether oxygens (including phenoxy) is 1. The van der Waals surface area contributed by atoms with Crippen LogP contribution in [0.4, 0.5) is 0 Å². The van der Waals surface area contributed by atoms with Gasteiger partial charge >= 0.3 is 29.6 Å². The fourth-order valence-corrected chi connectivity index (χ4v) is 1.08. The average Bonchev–Trinajstić information content (AvgIpc) is 2.48. The first kappa shape index (κ1) is 13.3. The summed E-state index contributed by atoms with van der Waals surface area (Å²) in [6.45, 7) is 1.08. The topological polar surface area (TPSA) is 67.2 Å². The van der Waals surface area contributed by atoms with Gasteiger partial charge in [0.1, 0.15) is 0 Å². The first-order valence-corrected chi connectivity index (χ1v) is 4.42. The van der Waals surface area contributed by atoms with Crippen molar-refractivity contribution in [2.75, 3.05) is 13.7 Å². The van der Waals surface area contributed by atoms with E-state index in [2.05, 4.69) is 5.10 Å². The second-order valence-corrected chi connectivity index (χ2v) is 3.11. The maximum atomic E-state index is 10.4. The molecule has 0 aliphatic rings. The second-order valence-electron chi connectivity index (χ2n) is 2.17. The maximum Gasteiger partial charge on any atom is 1.00 e. The summed E-state index contributed by atoms with van der Waals surface area (Å²) in [5.41, 5.74) is 0. The van der Waals surface area contributed by atoms with Crippen molar-refractivity contribution in [3.05, 3.63) is 12.4 Å². The molecule has 1 rings (SSSR count). The van der Waals surface area contributed by atoms with Gasteiger partial charge in [-0.1, -0.05) is 0 Å². The molecular weight excluding hydrogens is 203 g/mol. The van der Waals surface area contributed by atoms with Crippen molar-refractivity contribution in [3.8, 4) is 0 Å². The molecule has 1 heterocycles. The van der Waals surface area contributed by atoms with Crippen LogP contribution in [0.1, 0.15) is 0 Å². The maximum absolute atomic E-state index is 10.4. The monoisotopic (exact) mass is 212 g/mol. The van der Waals surface area contributed by atoms with Crippen molar-refractivity contribution in [2.24, 2.45) is 0 Å². The quantitative estimate of drug-likeness (QED) is 0.389. The Balaban J connectivity index is 0.00000144.